The number of aromatic nitrogens is 3. The lowest BCUT2D eigenvalue weighted by Gasteiger charge is -2.35. The number of pyridine rings is 1. The highest BCUT2D eigenvalue weighted by molar-refractivity contribution is 6.35. The van der Waals surface area contributed by atoms with E-state index in [4.69, 9.17) is 23.2 Å². The maximum Gasteiger partial charge on any atom is 0.225 e. The van der Waals surface area contributed by atoms with Gasteiger partial charge in [0.05, 0.1) is 17.3 Å². The van der Waals surface area contributed by atoms with Crippen molar-refractivity contribution in [3.63, 3.8) is 0 Å². The second-order valence-electron chi connectivity index (χ2n) is 4.77. The maximum absolute atomic E-state index is 6.12. The number of piperazine rings is 1. The van der Waals surface area contributed by atoms with Crippen LogP contribution in [-0.2, 0) is 0 Å². The van der Waals surface area contributed by atoms with E-state index >= 15 is 0 Å². The van der Waals surface area contributed by atoms with Gasteiger partial charge in [0.2, 0.25) is 5.28 Å². The lowest BCUT2D eigenvalue weighted by Crippen LogP contribution is -2.46. The minimum absolute atomic E-state index is 0.124. The molecule has 22 heavy (non-hydrogen) atoms. The molecule has 1 fully saturated rings. The monoisotopic (exact) mass is 341 g/mol. The smallest absolute Gasteiger partial charge is 0.225 e. The predicted molar refractivity (Wildman–Crippen MR) is 93.0 cm³/mol. The molecule has 1 aliphatic heterocycles. The topological polar surface area (TPSA) is 45.2 Å². The third kappa shape index (κ3) is 3.77. The second kappa shape index (κ2) is 7.90. The fourth-order valence-electron chi connectivity index (χ4n) is 2.44. The molecule has 0 atom stereocenters. The van der Waals surface area contributed by atoms with Crippen LogP contribution in [0.4, 0.5) is 5.69 Å². The van der Waals surface area contributed by atoms with Gasteiger partial charge in [0, 0.05) is 26.2 Å². The zero-order valence-corrected chi connectivity index (χ0v) is 14.7. The van der Waals surface area contributed by atoms with Gasteiger partial charge in [-0.1, -0.05) is 32.4 Å². The van der Waals surface area contributed by atoms with Gasteiger partial charge in [-0.05, 0) is 24.2 Å². The molecule has 0 aromatic carbocycles. The first-order valence-electron chi connectivity index (χ1n) is 7.63. The van der Waals surface area contributed by atoms with Crippen LogP contribution in [-0.4, -0.2) is 52.6 Å². The van der Waals surface area contributed by atoms with Crippen molar-refractivity contribution >= 4 is 39.9 Å². The van der Waals surface area contributed by atoms with E-state index in [0.29, 0.717) is 10.8 Å². The van der Waals surface area contributed by atoms with Gasteiger partial charge >= 0.3 is 0 Å². The summed E-state index contributed by atoms with van der Waals surface area (Å²) in [7, 11) is 0. The van der Waals surface area contributed by atoms with Crippen molar-refractivity contribution in [1.82, 2.24) is 19.9 Å². The van der Waals surface area contributed by atoms with Crippen LogP contribution in [0.15, 0.2) is 12.3 Å². The van der Waals surface area contributed by atoms with Crippen LogP contribution in [0.1, 0.15) is 20.8 Å². The molecule has 3 heterocycles. The number of halogens is 2. The Balaban J connectivity index is 0.000000847. The molecule has 0 unspecified atom stereocenters. The van der Waals surface area contributed by atoms with Crippen LogP contribution in [0.25, 0.3) is 11.0 Å². The number of likely N-dealkylation sites (N-methyl/N-ethyl adjacent to an activating group) is 1. The van der Waals surface area contributed by atoms with E-state index in [9.17, 15) is 0 Å². The van der Waals surface area contributed by atoms with E-state index in [1.54, 1.807) is 0 Å². The SMILES string of the molecule is CC.CCN1CCN(c2cnc3nc(Cl)nc(Cl)c3c2)CC1. The van der Waals surface area contributed by atoms with E-state index in [1.807, 2.05) is 26.1 Å². The minimum atomic E-state index is 0.124. The molecule has 0 amide bonds. The summed E-state index contributed by atoms with van der Waals surface area (Å²) in [5, 5.41) is 1.22. The van der Waals surface area contributed by atoms with Crippen LogP contribution in [0, 0.1) is 0 Å². The maximum atomic E-state index is 6.12. The Kier molecular flexibility index (Phi) is 6.17. The molecule has 2 aromatic heterocycles. The van der Waals surface area contributed by atoms with Crippen molar-refractivity contribution < 1.29 is 0 Å². The lowest BCUT2D eigenvalue weighted by atomic mass is 10.2. The van der Waals surface area contributed by atoms with E-state index in [1.165, 1.54) is 0 Å². The van der Waals surface area contributed by atoms with Gasteiger partial charge in [-0.25, -0.2) is 9.97 Å². The Bertz CT molecular complexity index is 627. The predicted octanol–water partition coefficient (Wildman–Crippen LogP) is 3.50. The van der Waals surface area contributed by atoms with E-state index in [2.05, 4.69) is 31.7 Å². The minimum Gasteiger partial charge on any atom is -0.368 e. The summed E-state index contributed by atoms with van der Waals surface area (Å²) in [5.41, 5.74) is 1.59. The Morgan fingerprint density at radius 1 is 1.09 bits per heavy atom. The molecule has 0 radical (unpaired) electrons. The summed E-state index contributed by atoms with van der Waals surface area (Å²) in [6.45, 7) is 11.4. The van der Waals surface area contributed by atoms with Gasteiger partial charge in [0.15, 0.2) is 5.65 Å². The molecule has 5 nitrogen and oxygen atoms in total. The molecule has 1 saturated heterocycles. The first-order chi connectivity index (χ1) is 10.7. The highest BCUT2D eigenvalue weighted by atomic mass is 35.5. The normalized spacial score (nSPS) is 15.6. The summed E-state index contributed by atoms with van der Waals surface area (Å²) in [4.78, 5) is 17.1. The van der Waals surface area contributed by atoms with Crippen molar-refractivity contribution in [2.45, 2.75) is 20.8 Å². The molecule has 0 saturated carbocycles. The second-order valence-corrected chi connectivity index (χ2v) is 5.47. The third-order valence-electron chi connectivity index (χ3n) is 3.65. The zero-order valence-electron chi connectivity index (χ0n) is 13.2. The Labute approximate surface area is 141 Å². The van der Waals surface area contributed by atoms with Gasteiger partial charge in [-0.2, -0.15) is 4.98 Å². The van der Waals surface area contributed by atoms with Crippen LogP contribution >= 0.6 is 23.2 Å². The number of rotatable bonds is 2. The van der Waals surface area contributed by atoms with Crippen LogP contribution in [0.2, 0.25) is 10.4 Å². The van der Waals surface area contributed by atoms with Crippen molar-refractivity contribution in [2.75, 3.05) is 37.6 Å². The number of hydrogen-bond donors (Lipinski definition) is 0. The Morgan fingerprint density at radius 3 is 2.41 bits per heavy atom. The molecule has 3 rings (SSSR count). The fourth-order valence-corrected chi connectivity index (χ4v) is 2.86. The molecule has 120 valence electrons. The van der Waals surface area contributed by atoms with Crippen molar-refractivity contribution in [2.24, 2.45) is 0 Å². The molecular weight excluding hydrogens is 321 g/mol. The van der Waals surface area contributed by atoms with E-state index in [-0.39, 0.29) is 5.28 Å². The van der Waals surface area contributed by atoms with Crippen LogP contribution < -0.4 is 4.90 Å². The number of nitrogens with zero attached hydrogens (tertiary/aromatic N) is 5. The summed E-state index contributed by atoms with van der Waals surface area (Å²) < 4.78 is 0. The van der Waals surface area contributed by atoms with Gasteiger partial charge in [-0.3, -0.25) is 0 Å². The first-order valence-corrected chi connectivity index (χ1v) is 8.39. The summed E-state index contributed by atoms with van der Waals surface area (Å²) in [6, 6.07) is 1.99. The Hall–Kier alpha value is -1.17. The molecule has 0 bridgehead atoms. The Morgan fingerprint density at radius 2 is 1.77 bits per heavy atom. The highest BCUT2D eigenvalue weighted by Crippen LogP contribution is 2.25. The molecular formula is C15H21Cl2N5. The fraction of sp³-hybridized carbons (Fsp3) is 0.533. The van der Waals surface area contributed by atoms with Gasteiger partial charge in [0.25, 0.3) is 0 Å². The average molecular weight is 342 g/mol. The summed E-state index contributed by atoms with van der Waals surface area (Å²) in [5.74, 6) is 0. The van der Waals surface area contributed by atoms with Crippen LogP contribution in [0.3, 0.4) is 0 Å². The van der Waals surface area contributed by atoms with Gasteiger partial charge in [0.1, 0.15) is 5.15 Å². The molecule has 7 heteroatoms. The van der Waals surface area contributed by atoms with Gasteiger partial charge < -0.3 is 9.80 Å². The number of hydrogen-bond acceptors (Lipinski definition) is 5. The highest BCUT2D eigenvalue weighted by Gasteiger charge is 2.17. The number of fused-ring (bicyclic) bond motifs is 1. The quantitative estimate of drug-likeness (QED) is 0.617. The molecule has 1 aliphatic rings. The van der Waals surface area contributed by atoms with Crippen molar-refractivity contribution in [1.29, 1.82) is 0 Å². The zero-order chi connectivity index (χ0) is 16.1. The average Bonchev–Trinajstić information content (AvgIpc) is 2.56. The summed E-state index contributed by atoms with van der Waals surface area (Å²) in [6.07, 6.45) is 1.82. The lowest BCUT2D eigenvalue weighted by molar-refractivity contribution is 0.271. The summed E-state index contributed by atoms with van der Waals surface area (Å²) >= 11 is 11.9. The molecule has 0 aliphatic carbocycles. The largest absolute Gasteiger partial charge is 0.368 e. The van der Waals surface area contributed by atoms with E-state index < -0.39 is 0 Å². The van der Waals surface area contributed by atoms with E-state index in [0.717, 1.165) is 43.8 Å². The van der Waals surface area contributed by atoms with Crippen LogP contribution in [0.5, 0.6) is 0 Å². The standard InChI is InChI=1S/C13H15Cl2N5.C2H6/c1-2-19-3-5-20(6-4-19)9-7-10-11(14)17-13(15)18-12(10)16-8-9;1-2/h7-8H,2-6H2,1H3;1-2H3. The first kappa shape index (κ1) is 17.2. The molecule has 0 N–H and O–H groups in total. The molecule has 0 spiro atoms. The third-order valence-corrected chi connectivity index (χ3v) is 4.10. The number of anilines is 1. The van der Waals surface area contributed by atoms with Gasteiger partial charge in [-0.15, -0.1) is 0 Å². The van der Waals surface area contributed by atoms with Crippen molar-refractivity contribution in [3.05, 3.63) is 22.7 Å². The molecule has 2 aromatic rings. The van der Waals surface area contributed by atoms with Crippen molar-refractivity contribution in [3.8, 4) is 0 Å².